The van der Waals surface area contributed by atoms with Gasteiger partial charge in [0.05, 0.1) is 5.69 Å². The van der Waals surface area contributed by atoms with E-state index in [0.29, 0.717) is 6.04 Å². The van der Waals surface area contributed by atoms with Crippen molar-refractivity contribution in [2.24, 2.45) is 10.8 Å². The van der Waals surface area contributed by atoms with Crippen LogP contribution in [-0.2, 0) is 0 Å². The predicted octanol–water partition coefficient (Wildman–Crippen LogP) is 2.79. The molecule has 0 aromatic heterocycles. The third-order valence-corrected chi connectivity index (χ3v) is 3.74. The molecule has 1 aromatic rings. The van der Waals surface area contributed by atoms with Crippen molar-refractivity contribution < 1.29 is 0 Å². The van der Waals surface area contributed by atoms with E-state index in [1.54, 1.807) is 0 Å². The maximum absolute atomic E-state index is 5.70. The number of aliphatic imine (C=N–C) groups is 1. The van der Waals surface area contributed by atoms with Crippen molar-refractivity contribution in [3.05, 3.63) is 30.3 Å². The zero-order valence-corrected chi connectivity index (χ0v) is 11.7. The lowest BCUT2D eigenvalue weighted by molar-refractivity contribution is 0.298. The van der Waals surface area contributed by atoms with E-state index in [-0.39, 0.29) is 0 Å². The molecular weight excluding hydrogens is 236 g/mol. The highest BCUT2D eigenvalue weighted by atomic mass is 15.4. The quantitative estimate of drug-likeness (QED) is 0.372. The summed E-state index contributed by atoms with van der Waals surface area (Å²) in [4.78, 5) is 6.98. The number of guanidine groups is 1. The van der Waals surface area contributed by atoms with E-state index in [1.807, 2.05) is 30.3 Å². The molecular formula is C15H24N4. The lowest BCUT2D eigenvalue weighted by Crippen LogP contribution is -2.49. The number of nitrogens with one attached hydrogen (secondary N) is 1. The fourth-order valence-corrected chi connectivity index (χ4v) is 2.68. The zero-order chi connectivity index (χ0) is 13.5. The van der Waals surface area contributed by atoms with Crippen LogP contribution in [0.4, 0.5) is 5.69 Å². The fraction of sp³-hybridized carbons (Fsp3) is 0.533. The highest BCUT2D eigenvalue weighted by Gasteiger charge is 2.22. The molecule has 4 nitrogen and oxygen atoms in total. The number of hydrogen-bond donors (Lipinski definition) is 2. The SMILES string of the molecule is CCC1CCCCCN1C(=Nc1ccccc1)NN. The topological polar surface area (TPSA) is 53.6 Å². The molecule has 1 atom stereocenters. The van der Waals surface area contributed by atoms with Gasteiger partial charge in [-0.2, -0.15) is 0 Å². The summed E-state index contributed by atoms with van der Waals surface area (Å²) < 4.78 is 0. The second kappa shape index (κ2) is 7.14. The molecule has 1 aliphatic heterocycles. The van der Waals surface area contributed by atoms with Gasteiger partial charge < -0.3 is 4.90 Å². The summed E-state index contributed by atoms with van der Waals surface area (Å²) in [5.41, 5.74) is 3.73. The molecule has 0 spiro atoms. The Balaban J connectivity index is 2.21. The van der Waals surface area contributed by atoms with Crippen molar-refractivity contribution in [3.63, 3.8) is 0 Å². The highest BCUT2D eigenvalue weighted by Crippen LogP contribution is 2.20. The van der Waals surface area contributed by atoms with Crippen LogP contribution in [0.15, 0.2) is 35.3 Å². The van der Waals surface area contributed by atoms with Gasteiger partial charge in [-0.25, -0.2) is 10.8 Å². The maximum atomic E-state index is 5.70. The van der Waals surface area contributed by atoms with E-state index in [0.717, 1.165) is 24.6 Å². The maximum Gasteiger partial charge on any atom is 0.213 e. The van der Waals surface area contributed by atoms with Gasteiger partial charge in [-0.05, 0) is 31.4 Å². The van der Waals surface area contributed by atoms with Crippen LogP contribution in [0, 0.1) is 0 Å². The number of nitrogens with two attached hydrogens (primary N) is 1. The molecule has 4 heteroatoms. The molecule has 1 fully saturated rings. The highest BCUT2D eigenvalue weighted by molar-refractivity contribution is 5.82. The van der Waals surface area contributed by atoms with Crippen molar-refractivity contribution in [1.29, 1.82) is 0 Å². The Morgan fingerprint density at radius 1 is 1.32 bits per heavy atom. The van der Waals surface area contributed by atoms with Gasteiger partial charge in [0, 0.05) is 12.6 Å². The van der Waals surface area contributed by atoms with Gasteiger partial charge in [-0.1, -0.05) is 38.0 Å². The number of hydrogen-bond acceptors (Lipinski definition) is 2. The lowest BCUT2D eigenvalue weighted by Gasteiger charge is -2.31. The molecule has 19 heavy (non-hydrogen) atoms. The Morgan fingerprint density at radius 2 is 2.11 bits per heavy atom. The van der Waals surface area contributed by atoms with Crippen LogP contribution in [0.3, 0.4) is 0 Å². The molecule has 0 bridgehead atoms. The van der Waals surface area contributed by atoms with Gasteiger partial charge in [-0.15, -0.1) is 0 Å². The monoisotopic (exact) mass is 260 g/mol. The first-order valence-corrected chi connectivity index (χ1v) is 7.22. The largest absolute Gasteiger partial charge is 0.339 e. The standard InChI is InChI=1S/C15H24N4/c1-2-14-11-7-4-8-12-19(14)15(18-16)17-13-9-5-3-6-10-13/h3,5-6,9-10,14H,2,4,7-8,11-12,16H2,1H3,(H,17,18). The number of likely N-dealkylation sites (tertiary alicyclic amines) is 1. The normalized spacial score (nSPS) is 21.1. The van der Waals surface area contributed by atoms with Crippen molar-refractivity contribution in [1.82, 2.24) is 10.3 Å². The van der Waals surface area contributed by atoms with Crippen molar-refractivity contribution in [3.8, 4) is 0 Å². The Labute approximate surface area is 115 Å². The van der Waals surface area contributed by atoms with Crippen molar-refractivity contribution in [2.45, 2.75) is 45.1 Å². The molecule has 104 valence electrons. The van der Waals surface area contributed by atoms with Crippen LogP contribution in [-0.4, -0.2) is 23.4 Å². The van der Waals surface area contributed by atoms with Crippen molar-refractivity contribution in [2.75, 3.05) is 6.54 Å². The van der Waals surface area contributed by atoms with Gasteiger partial charge in [0.2, 0.25) is 5.96 Å². The third-order valence-electron chi connectivity index (χ3n) is 3.74. The minimum atomic E-state index is 0.543. The average Bonchev–Trinajstić information content (AvgIpc) is 2.71. The Morgan fingerprint density at radius 3 is 2.79 bits per heavy atom. The number of para-hydroxylation sites is 1. The van der Waals surface area contributed by atoms with Crippen LogP contribution in [0.1, 0.15) is 39.0 Å². The molecule has 3 N–H and O–H groups in total. The minimum Gasteiger partial charge on any atom is -0.339 e. The Kier molecular flexibility index (Phi) is 5.21. The Hall–Kier alpha value is -1.55. The molecule has 0 radical (unpaired) electrons. The van der Waals surface area contributed by atoms with E-state index < -0.39 is 0 Å². The van der Waals surface area contributed by atoms with E-state index in [2.05, 4.69) is 22.2 Å². The first-order chi connectivity index (χ1) is 9.35. The summed E-state index contributed by atoms with van der Waals surface area (Å²) in [5, 5.41) is 0. The molecule has 1 unspecified atom stereocenters. The van der Waals surface area contributed by atoms with Crippen LogP contribution in [0.25, 0.3) is 0 Å². The second-order valence-electron chi connectivity index (χ2n) is 5.02. The molecule has 1 saturated heterocycles. The van der Waals surface area contributed by atoms with Crippen LogP contribution in [0.5, 0.6) is 0 Å². The van der Waals surface area contributed by atoms with Gasteiger partial charge in [-0.3, -0.25) is 5.43 Å². The molecule has 0 saturated carbocycles. The van der Waals surface area contributed by atoms with E-state index in [1.165, 1.54) is 25.7 Å². The first kappa shape index (κ1) is 13.9. The van der Waals surface area contributed by atoms with Gasteiger partial charge in [0.15, 0.2) is 0 Å². The predicted molar refractivity (Wildman–Crippen MR) is 80.1 cm³/mol. The van der Waals surface area contributed by atoms with Gasteiger partial charge >= 0.3 is 0 Å². The molecule has 0 aliphatic carbocycles. The van der Waals surface area contributed by atoms with Gasteiger partial charge in [0.25, 0.3) is 0 Å². The zero-order valence-electron chi connectivity index (χ0n) is 11.7. The smallest absolute Gasteiger partial charge is 0.213 e. The number of nitrogens with zero attached hydrogens (tertiary/aromatic N) is 2. The second-order valence-corrected chi connectivity index (χ2v) is 5.02. The average molecular weight is 260 g/mol. The number of hydrazine groups is 1. The third kappa shape index (κ3) is 3.70. The molecule has 1 heterocycles. The van der Waals surface area contributed by atoms with Crippen LogP contribution < -0.4 is 11.3 Å². The molecule has 1 aliphatic rings. The number of benzene rings is 1. The lowest BCUT2D eigenvalue weighted by atomic mass is 10.1. The first-order valence-electron chi connectivity index (χ1n) is 7.22. The van der Waals surface area contributed by atoms with E-state index in [9.17, 15) is 0 Å². The van der Waals surface area contributed by atoms with Crippen LogP contribution >= 0.6 is 0 Å². The summed E-state index contributed by atoms with van der Waals surface area (Å²) in [6, 6.07) is 10.5. The molecule has 1 aromatic carbocycles. The summed E-state index contributed by atoms with van der Waals surface area (Å²) in [5.74, 6) is 6.49. The Bertz CT molecular complexity index is 402. The van der Waals surface area contributed by atoms with E-state index in [4.69, 9.17) is 5.84 Å². The van der Waals surface area contributed by atoms with Crippen LogP contribution in [0.2, 0.25) is 0 Å². The summed E-state index contributed by atoms with van der Waals surface area (Å²) in [6.07, 6.45) is 6.18. The van der Waals surface area contributed by atoms with E-state index >= 15 is 0 Å². The molecule has 0 amide bonds. The summed E-state index contributed by atoms with van der Waals surface area (Å²) in [6.45, 7) is 3.27. The summed E-state index contributed by atoms with van der Waals surface area (Å²) >= 11 is 0. The van der Waals surface area contributed by atoms with Crippen molar-refractivity contribution >= 4 is 11.6 Å². The fourth-order valence-electron chi connectivity index (χ4n) is 2.68. The van der Waals surface area contributed by atoms with Gasteiger partial charge in [0.1, 0.15) is 0 Å². The summed E-state index contributed by atoms with van der Waals surface area (Å²) in [7, 11) is 0. The minimum absolute atomic E-state index is 0.543. The molecule has 2 rings (SSSR count). The number of rotatable bonds is 2.